The van der Waals surface area contributed by atoms with Crippen LogP contribution in [-0.2, 0) is 19.2 Å². The van der Waals surface area contributed by atoms with Crippen molar-refractivity contribution in [1.82, 2.24) is 15.5 Å². The van der Waals surface area contributed by atoms with Crippen molar-refractivity contribution in [2.75, 3.05) is 13.1 Å². The number of carboxylic acids is 1. The van der Waals surface area contributed by atoms with E-state index in [1.54, 1.807) is 6.92 Å². The van der Waals surface area contributed by atoms with E-state index in [-0.39, 0.29) is 31.4 Å². The van der Waals surface area contributed by atoms with Crippen LogP contribution in [0.2, 0.25) is 0 Å². The van der Waals surface area contributed by atoms with Crippen molar-refractivity contribution in [3.63, 3.8) is 0 Å². The lowest BCUT2D eigenvalue weighted by atomic mass is 9.98. The summed E-state index contributed by atoms with van der Waals surface area (Å²) >= 11 is 0. The molecule has 0 aliphatic carbocycles. The van der Waals surface area contributed by atoms with E-state index >= 15 is 0 Å². The Morgan fingerprint density at radius 3 is 2.32 bits per heavy atom. The number of aliphatic carboxylic acids is 1. The molecule has 1 heterocycles. The maximum Gasteiger partial charge on any atom is 0.326 e. The minimum absolute atomic E-state index is 0.119. The topological polar surface area (TPSA) is 226 Å². The van der Waals surface area contributed by atoms with Crippen molar-refractivity contribution < 1.29 is 29.4 Å². The third-order valence-corrected chi connectivity index (χ3v) is 6.00. The monoisotopic (exact) mass is 485 g/mol. The van der Waals surface area contributed by atoms with Crippen LogP contribution in [0, 0.1) is 5.92 Å². The van der Waals surface area contributed by atoms with Gasteiger partial charge in [0.05, 0.1) is 12.1 Å². The number of aliphatic imine (C=N–C) groups is 1. The van der Waals surface area contributed by atoms with E-state index in [0.29, 0.717) is 25.7 Å². The highest BCUT2D eigenvalue weighted by molar-refractivity contribution is 5.94. The summed E-state index contributed by atoms with van der Waals surface area (Å²) in [6.07, 6.45) is 0.658. The SMILES string of the molecule is CCC(C)C(N)C(=O)NC(C(=O)NC(CCCN=C(N)N)C(=O)N1CCCC1C(=O)O)C(C)O. The maximum atomic E-state index is 13.2. The Hall–Kier alpha value is -2.93. The van der Waals surface area contributed by atoms with Gasteiger partial charge in [-0.05, 0) is 38.5 Å². The fourth-order valence-corrected chi connectivity index (χ4v) is 3.68. The van der Waals surface area contributed by atoms with Gasteiger partial charge in [-0.2, -0.15) is 0 Å². The molecular formula is C21H39N7O6. The molecule has 0 aromatic heterocycles. The Balaban J connectivity index is 3.02. The lowest BCUT2D eigenvalue weighted by Crippen LogP contribution is -2.60. The minimum atomic E-state index is -1.36. The van der Waals surface area contributed by atoms with Crippen LogP contribution < -0.4 is 27.8 Å². The molecule has 1 aliphatic heterocycles. The molecule has 0 radical (unpaired) electrons. The van der Waals surface area contributed by atoms with Gasteiger partial charge in [0.2, 0.25) is 17.7 Å². The van der Waals surface area contributed by atoms with Crippen LogP contribution in [0.1, 0.15) is 52.9 Å². The van der Waals surface area contributed by atoms with Gasteiger partial charge < -0.3 is 42.9 Å². The van der Waals surface area contributed by atoms with E-state index in [1.165, 1.54) is 11.8 Å². The molecule has 13 heteroatoms. The number of carboxylic acid groups (broad SMARTS) is 1. The van der Waals surface area contributed by atoms with Gasteiger partial charge in [0.25, 0.3) is 0 Å². The zero-order valence-electron chi connectivity index (χ0n) is 20.1. The molecule has 13 nitrogen and oxygen atoms in total. The quantitative estimate of drug-likeness (QED) is 0.0854. The minimum Gasteiger partial charge on any atom is -0.480 e. The summed E-state index contributed by atoms with van der Waals surface area (Å²) in [4.78, 5) is 55.2. The summed E-state index contributed by atoms with van der Waals surface area (Å²) in [7, 11) is 0. The van der Waals surface area contributed by atoms with Crippen molar-refractivity contribution in [3.8, 4) is 0 Å². The van der Waals surface area contributed by atoms with Gasteiger partial charge in [-0.1, -0.05) is 20.3 Å². The van der Waals surface area contributed by atoms with Crippen LogP contribution in [0.25, 0.3) is 0 Å². The molecule has 194 valence electrons. The first-order valence-corrected chi connectivity index (χ1v) is 11.5. The van der Waals surface area contributed by atoms with E-state index in [4.69, 9.17) is 17.2 Å². The number of amides is 3. The Labute approximate surface area is 199 Å². The van der Waals surface area contributed by atoms with Crippen LogP contribution in [0.15, 0.2) is 4.99 Å². The van der Waals surface area contributed by atoms with Gasteiger partial charge in [-0.15, -0.1) is 0 Å². The van der Waals surface area contributed by atoms with Crippen LogP contribution in [0.4, 0.5) is 0 Å². The van der Waals surface area contributed by atoms with Crippen LogP contribution in [0.5, 0.6) is 0 Å². The van der Waals surface area contributed by atoms with E-state index < -0.39 is 54.0 Å². The Bertz CT molecular complexity index is 756. The lowest BCUT2D eigenvalue weighted by Gasteiger charge is -2.30. The van der Waals surface area contributed by atoms with Crippen molar-refractivity contribution in [2.45, 2.75) is 83.1 Å². The number of aliphatic hydroxyl groups is 1. The average molecular weight is 486 g/mol. The zero-order chi connectivity index (χ0) is 26.0. The van der Waals surface area contributed by atoms with Crippen molar-refractivity contribution in [3.05, 3.63) is 0 Å². The fourth-order valence-electron chi connectivity index (χ4n) is 3.68. The fraction of sp³-hybridized carbons (Fsp3) is 0.762. The second-order valence-corrected chi connectivity index (χ2v) is 8.68. The number of guanidine groups is 1. The highest BCUT2D eigenvalue weighted by Crippen LogP contribution is 2.20. The smallest absolute Gasteiger partial charge is 0.326 e. The molecule has 1 fully saturated rings. The first-order valence-electron chi connectivity index (χ1n) is 11.5. The molecule has 3 amide bonds. The zero-order valence-corrected chi connectivity index (χ0v) is 20.1. The molecule has 34 heavy (non-hydrogen) atoms. The number of nitrogens with one attached hydrogen (secondary N) is 2. The van der Waals surface area contributed by atoms with Crippen LogP contribution in [0.3, 0.4) is 0 Å². The molecule has 0 saturated carbocycles. The summed E-state index contributed by atoms with van der Waals surface area (Å²) in [6.45, 7) is 5.44. The summed E-state index contributed by atoms with van der Waals surface area (Å²) in [5, 5.41) is 24.6. The number of aliphatic hydroxyl groups excluding tert-OH is 1. The molecular weight excluding hydrogens is 446 g/mol. The van der Waals surface area contributed by atoms with Crippen molar-refractivity contribution in [1.29, 1.82) is 0 Å². The summed E-state index contributed by atoms with van der Waals surface area (Å²) < 4.78 is 0. The largest absolute Gasteiger partial charge is 0.480 e. The van der Waals surface area contributed by atoms with Crippen LogP contribution >= 0.6 is 0 Å². The second-order valence-electron chi connectivity index (χ2n) is 8.68. The number of hydrogen-bond acceptors (Lipinski definition) is 7. The molecule has 1 rings (SSSR count). The maximum absolute atomic E-state index is 13.2. The predicted molar refractivity (Wildman–Crippen MR) is 125 cm³/mol. The Kier molecular flexibility index (Phi) is 11.7. The first-order chi connectivity index (χ1) is 15.9. The number of hydrogen-bond donors (Lipinski definition) is 7. The first kappa shape index (κ1) is 29.1. The van der Waals surface area contributed by atoms with Gasteiger partial charge in [-0.25, -0.2) is 4.79 Å². The number of nitrogens with zero attached hydrogens (tertiary/aromatic N) is 2. The van der Waals surface area contributed by atoms with Gasteiger partial charge in [0.1, 0.15) is 18.1 Å². The molecule has 0 bridgehead atoms. The van der Waals surface area contributed by atoms with Gasteiger partial charge in [0, 0.05) is 13.1 Å². The summed E-state index contributed by atoms with van der Waals surface area (Å²) in [6, 6.07) is -4.31. The van der Waals surface area contributed by atoms with E-state index in [2.05, 4.69) is 15.6 Å². The van der Waals surface area contributed by atoms with Gasteiger partial charge >= 0.3 is 5.97 Å². The Morgan fingerprint density at radius 1 is 1.15 bits per heavy atom. The molecule has 1 aliphatic rings. The number of likely N-dealkylation sites (tertiary alicyclic amines) is 1. The molecule has 0 spiro atoms. The second kappa shape index (κ2) is 13.7. The number of nitrogens with two attached hydrogens (primary N) is 3. The van der Waals surface area contributed by atoms with Crippen LogP contribution in [-0.4, -0.2) is 88.1 Å². The molecule has 6 unspecified atom stereocenters. The Morgan fingerprint density at radius 2 is 1.79 bits per heavy atom. The standard InChI is InChI=1S/C21H39N7O6/c1-4-11(2)15(22)17(30)27-16(12(3)29)18(31)26-13(7-5-9-25-21(23)24)19(32)28-10-6-8-14(28)20(33)34/h11-16,29H,4-10,22H2,1-3H3,(H,26,31)(H,27,30)(H,33,34)(H4,23,24,25). The van der Waals surface area contributed by atoms with E-state index in [0.717, 1.165) is 0 Å². The molecule has 6 atom stereocenters. The normalized spacial score (nSPS) is 19.9. The third-order valence-electron chi connectivity index (χ3n) is 6.00. The van der Waals surface area contributed by atoms with Gasteiger partial charge in [0.15, 0.2) is 5.96 Å². The van der Waals surface area contributed by atoms with Crippen molar-refractivity contribution in [2.24, 2.45) is 28.1 Å². The molecule has 0 aromatic rings. The summed E-state index contributed by atoms with van der Waals surface area (Å²) in [5.74, 6) is -3.33. The van der Waals surface area contributed by atoms with E-state index in [9.17, 15) is 29.4 Å². The molecule has 0 aromatic carbocycles. The lowest BCUT2D eigenvalue weighted by molar-refractivity contribution is -0.149. The highest BCUT2D eigenvalue weighted by atomic mass is 16.4. The third kappa shape index (κ3) is 8.45. The van der Waals surface area contributed by atoms with Gasteiger partial charge in [-0.3, -0.25) is 19.4 Å². The van der Waals surface area contributed by atoms with E-state index in [1.807, 2.05) is 6.92 Å². The number of carbonyl (C=O) groups is 4. The number of carbonyl (C=O) groups excluding carboxylic acids is 3. The average Bonchev–Trinajstić information content (AvgIpc) is 3.27. The van der Waals surface area contributed by atoms with Crippen molar-refractivity contribution >= 4 is 29.7 Å². The molecule has 1 saturated heterocycles. The summed E-state index contributed by atoms with van der Waals surface area (Å²) in [5.41, 5.74) is 16.6. The molecule has 10 N–H and O–H groups in total. The highest BCUT2D eigenvalue weighted by Gasteiger charge is 2.38. The number of rotatable bonds is 13. The predicted octanol–water partition coefficient (Wildman–Crippen LogP) is -2.16.